The predicted octanol–water partition coefficient (Wildman–Crippen LogP) is 1.94. The third kappa shape index (κ3) is 4.43. The van der Waals surface area contributed by atoms with Gasteiger partial charge in [-0.1, -0.05) is 12.8 Å². The van der Waals surface area contributed by atoms with E-state index in [0.29, 0.717) is 25.2 Å². The molecule has 0 bridgehead atoms. The lowest BCUT2D eigenvalue weighted by atomic mass is 9.81. The van der Waals surface area contributed by atoms with Crippen LogP contribution < -0.4 is 5.73 Å². The highest BCUT2D eigenvalue weighted by atomic mass is 16.5. The zero-order valence-corrected chi connectivity index (χ0v) is 14.0. The molecule has 0 aromatic rings. The van der Waals surface area contributed by atoms with E-state index in [2.05, 4.69) is 4.90 Å². The summed E-state index contributed by atoms with van der Waals surface area (Å²) < 4.78 is 11.1. The van der Waals surface area contributed by atoms with Crippen LogP contribution >= 0.6 is 0 Å². The zero-order chi connectivity index (χ0) is 15.8. The van der Waals surface area contributed by atoms with Gasteiger partial charge in [0.2, 0.25) is 5.91 Å². The molecular formula is C17H32N2O3. The number of likely N-dealkylation sites (tertiary alicyclic amines) is 1. The van der Waals surface area contributed by atoms with E-state index in [4.69, 9.17) is 15.2 Å². The van der Waals surface area contributed by atoms with E-state index in [9.17, 15) is 4.79 Å². The Balaban J connectivity index is 1.82. The Kier molecular flexibility index (Phi) is 7.12. The SMILES string of the molecule is COCCC1(C(=O)N2CCC(OCCCN)CC2)CCCC1. The molecule has 5 heteroatoms. The highest BCUT2D eigenvalue weighted by Gasteiger charge is 2.43. The molecule has 0 aromatic heterocycles. The van der Waals surface area contributed by atoms with Gasteiger partial charge in [0.15, 0.2) is 0 Å². The molecule has 0 unspecified atom stereocenters. The molecule has 2 fully saturated rings. The lowest BCUT2D eigenvalue weighted by molar-refractivity contribution is -0.145. The smallest absolute Gasteiger partial charge is 0.228 e. The average Bonchev–Trinajstić information content (AvgIpc) is 3.03. The van der Waals surface area contributed by atoms with Crippen molar-refractivity contribution in [1.82, 2.24) is 4.90 Å². The van der Waals surface area contributed by atoms with Crippen LogP contribution in [0.2, 0.25) is 0 Å². The Morgan fingerprint density at radius 1 is 1.23 bits per heavy atom. The second-order valence-electron chi connectivity index (χ2n) is 6.73. The normalized spacial score (nSPS) is 22.2. The number of hydrogen-bond acceptors (Lipinski definition) is 4. The minimum absolute atomic E-state index is 0.150. The van der Waals surface area contributed by atoms with Gasteiger partial charge in [-0.3, -0.25) is 4.79 Å². The molecule has 0 aromatic carbocycles. The standard InChI is InChI=1S/C17H32N2O3/c1-21-14-9-17(7-2-3-8-17)16(20)19-11-5-15(6-12-19)22-13-4-10-18/h15H,2-14,18H2,1H3. The second-order valence-corrected chi connectivity index (χ2v) is 6.73. The van der Waals surface area contributed by atoms with E-state index in [1.54, 1.807) is 7.11 Å². The predicted molar refractivity (Wildman–Crippen MR) is 86.6 cm³/mol. The maximum Gasteiger partial charge on any atom is 0.228 e. The van der Waals surface area contributed by atoms with Crippen molar-refractivity contribution in [3.63, 3.8) is 0 Å². The van der Waals surface area contributed by atoms with Gasteiger partial charge >= 0.3 is 0 Å². The van der Waals surface area contributed by atoms with Crippen LogP contribution in [0.3, 0.4) is 0 Å². The van der Waals surface area contributed by atoms with Gasteiger partial charge in [0, 0.05) is 33.4 Å². The highest BCUT2D eigenvalue weighted by molar-refractivity contribution is 5.83. The third-order valence-corrected chi connectivity index (χ3v) is 5.23. The molecule has 2 aliphatic rings. The molecule has 1 aliphatic heterocycles. The summed E-state index contributed by atoms with van der Waals surface area (Å²) in [4.78, 5) is 15.1. The maximum absolute atomic E-state index is 13.0. The first kappa shape index (κ1) is 17.7. The molecule has 1 saturated heterocycles. The summed E-state index contributed by atoms with van der Waals surface area (Å²) in [5.41, 5.74) is 5.34. The molecule has 1 amide bonds. The van der Waals surface area contributed by atoms with Gasteiger partial charge in [0.05, 0.1) is 11.5 Å². The summed E-state index contributed by atoms with van der Waals surface area (Å²) in [5.74, 6) is 0.363. The van der Waals surface area contributed by atoms with Crippen LogP contribution in [0.1, 0.15) is 51.4 Å². The van der Waals surface area contributed by atoms with Crippen LogP contribution in [-0.2, 0) is 14.3 Å². The van der Waals surface area contributed by atoms with Gasteiger partial charge in [0.25, 0.3) is 0 Å². The molecule has 128 valence electrons. The molecule has 5 nitrogen and oxygen atoms in total. The monoisotopic (exact) mass is 312 g/mol. The molecule has 0 atom stereocenters. The number of nitrogens with zero attached hydrogens (tertiary/aromatic N) is 1. The van der Waals surface area contributed by atoms with Crippen LogP contribution in [0, 0.1) is 5.41 Å². The van der Waals surface area contributed by atoms with Crippen molar-refractivity contribution >= 4 is 5.91 Å². The Morgan fingerprint density at radius 2 is 1.91 bits per heavy atom. The zero-order valence-electron chi connectivity index (χ0n) is 14.0. The molecule has 1 saturated carbocycles. The number of carbonyl (C=O) groups excluding carboxylic acids is 1. The quantitative estimate of drug-likeness (QED) is 0.696. The van der Waals surface area contributed by atoms with E-state index in [1.165, 1.54) is 12.8 Å². The molecule has 2 N–H and O–H groups in total. The van der Waals surface area contributed by atoms with Gasteiger partial charge in [-0.25, -0.2) is 0 Å². The average molecular weight is 312 g/mol. The summed E-state index contributed by atoms with van der Waals surface area (Å²) in [6, 6.07) is 0. The summed E-state index contributed by atoms with van der Waals surface area (Å²) >= 11 is 0. The maximum atomic E-state index is 13.0. The fourth-order valence-corrected chi connectivity index (χ4v) is 3.81. The van der Waals surface area contributed by atoms with Gasteiger partial charge in [-0.2, -0.15) is 0 Å². The minimum atomic E-state index is -0.150. The Labute approximate surface area is 134 Å². The molecule has 1 heterocycles. The Bertz CT molecular complexity index is 335. The van der Waals surface area contributed by atoms with Crippen molar-refractivity contribution in [3.05, 3.63) is 0 Å². The van der Waals surface area contributed by atoms with Crippen LogP contribution in [0.4, 0.5) is 0 Å². The van der Waals surface area contributed by atoms with Crippen LogP contribution in [0.15, 0.2) is 0 Å². The second kappa shape index (κ2) is 8.85. The Morgan fingerprint density at radius 3 is 2.50 bits per heavy atom. The third-order valence-electron chi connectivity index (χ3n) is 5.23. The molecule has 1 aliphatic carbocycles. The van der Waals surface area contributed by atoms with E-state index in [1.807, 2.05) is 0 Å². The van der Waals surface area contributed by atoms with Gasteiger partial charge in [-0.15, -0.1) is 0 Å². The van der Waals surface area contributed by atoms with Crippen molar-refractivity contribution in [1.29, 1.82) is 0 Å². The van der Waals surface area contributed by atoms with Gasteiger partial charge in [0.1, 0.15) is 0 Å². The van der Waals surface area contributed by atoms with E-state index >= 15 is 0 Å². The number of rotatable bonds is 8. The van der Waals surface area contributed by atoms with E-state index < -0.39 is 0 Å². The highest BCUT2D eigenvalue weighted by Crippen LogP contribution is 2.43. The fraction of sp³-hybridized carbons (Fsp3) is 0.941. The summed E-state index contributed by atoms with van der Waals surface area (Å²) in [5, 5.41) is 0. The fourth-order valence-electron chi connectivity index (χ4n) is 3.81. The first-order valence-electron chi connectivity index (χ1n) is 8.82. The number of amides is 1. The molecular weight excluding hydrogens is 280 g/mol. The Hall–Kier alpha value is -0.650. The lowest BCUT2D eigenvalue weighted by Gasteiger charge is -2.38. The summed E-state index contributed by atoms with van der Waals surface area (Å²) in [6.45, 7) is 3.78. The number of methoxy groups -OCH3 is 1. The first-order valence-corrected chi connectivity index (χ1v) is 8.82. The number of nitrogens with two attached hydrogens (primary N) is 1. The lowest BCUT2D eigenvalue weighted by Crippen LogP contribution is -2.48. The van der Waals surface area contributed by atoms with Gasteiger partial charge in [-0.05, 0) is 45.1 Å². The van der Waals surface area contributed by atoms with Crippen molar-refractivity contribution in [2.24, 2.45) is 11.1 Å². The van der Waals surface area contributed by atoms with E-state index in [-0.39, 0.29) is 5.41 Å². The number of ether oxygens (including phenoxy) is 2. The number of hydrogen-bond donors (Lipinski definition) is 1. The van der Waals surface area contributed by atoms with Crippen molar-refractivity contribution < 1.29 is 14.3 Å². The first-order chi connectivity index (χ1) is 10.7. The molecule has 2 rings (SSSR count). The molecule has 0 radical (unpaired) electrons. The van der Waals surface area contributed by atoms with Gasteiger partial charge < -0.3 is 20.1 Å². The topological polar surface area (TPSA) is 64.8 Å². The number of carbonyl (C=O) groups is 1. The van der Waals surface area contributed by atoms with Crippen LogP contribution in [-0.4, -0.2) is 56.9 Å². The van der Waals surface area contributed by atoms with Crippen molar-refractivity contribution in [2.75, 3.05) is 40.0 Å². The molecule has 0 spiro atoms. The van der Waals surface area contributed by atoms with Crippen molar-refractivity contribution in [3.8, 4) is 0 Å². The summed E-state index contributed by atoms with van der Waals surface area (Å²) in [7, 11) is 1.72. The van der Waals surface area contributed by atoms with Crippen molar-refractivity contribution in [2.45, 2.75) is 57.5 Å². The van der Waals surface area contributed by atoms with E-state index in [0.717, 1.165) is 58.2 Å². The minimum Gasteiger partial charge on any atom is -0.385 e. The number of piperidine rings is 1. The largest absolute Gasteiger partial charge is 0.385 e. The summed E-state index contributed by atoms with van der Waals surface area (Å²) in [6.07, 6.45) is 8.41. The molecule has 22 heavy (non-hydrogen) atoms. The van der Waals surface area contributed by atoms with Crippen LogP contribution in [0.25, 0.3) is 0 Å². The van der Waals surface area contributed by atoms with Crippen LogP contribution in [0.5, 0.6) is 0 Å².